The number of aromatic hydroxyl groups is 1. The van der Waals surface area contributed by atoms with Gasteiger partial charge < -0.3 is 28.9 Å². The molecule has 1 atom stereocenters. The summed E-state index contributed by atoms with van der Waals surface area (Å²) in [4.78, 5) is 44.5. The number of imidazole rings is 1. The van der Waals surface area contributed by atoms with Crippen LogP contribution in [0.1, 0.15) is 34.9 Å². The lowest BCUT2D eigenvalue weighted by Crippen LogP contribution is -2.29. The number of nitrogens with zero attached hydrogens (tertiary/aromatic N) is 2. The summed E-state index contributed by atoms with van der Waals surface area (Å²) in [5.74, 6) is -2.00. The van der Waals surface area contributed by atoms with Crippen molar-refractivity contribution in [3.05, 3.63) is 75.7 Å². The molecule has 2 heterocycles. The van der Waals surface area contributed by atoms with Crippen molar-refractivity contribution >= 4 is 11.9 Å². The second kappa shape index (κ2) is 11.2. The van der Waals surface area contributed by atoms with Gasteiger partial charge in [-0.2, -0.15) is 0 Å². The Morgan fingerprint density at radius 1 is 1.18 bits per heavy atom. The molecule has 0 fully saturated rings. The largest absolute Gasteiger partial charge is 0.507 e. The molecule has 2 aromatic heterocycles. The number of methoxy groups -OCH3 is 2. The molecule has 0 aliphatic rings. The fourth-order valence-electron chi connectivity index (χ4n) is 3.74. The van der Waals surface area contributed by atoms with Crippen molar-refractivity contribution in [3.63, 3.8) is 0 Å². The molecule has 0 bridgehead atoms. The lowest BCUT2D eigenvalue weighted by atomic mass is 9.87. The first-order valence-electron chi connectivity index (χ1n) is 10.6. The molecule has 0 saturated carbocycles. The molecule has 180 valence electrons. The normalized spacial score (nSPS) is 11.6. The number of hydrogen-bond donors (Lipinski definition) is 2. The summed E-state index contributed by atoms with van der Waals surface area (Å²) < 4.78 is 16.6. The standard InChI is InChI=1S/C24H27N3O7/c1-15-10-19(28)23(24(31)27(15)9-8-16-12-25-14-26-16)18(11-21(29)32-2)17-6-4-5-7-20(17)34-13-22(30)33-3/h4-7,10,12,14,18,28H,8-9,11,13H2,1-3H3,(H,25,26)/t18-/m0/s1. The third-order valence-electron chi connectivity index (χ3n) is 5.50. The Bertz CT molecular complexity index is 1200. The quantitative estimate of drug-likeness (QED) is 0.431. The number of rotatable bonds is 10. The van der Waals surface area contributed by atoms with E-state index in [4.69, 9.17) is 9.47 Å². The van der Waals surface area contributed by atoms with E-state index in [-0.39, 0.29) is 30.1 Å². The Morgan fingerprint density at radius 2 is 1.91 bits per heavy atom. The van der Waals surface area contributed by atoms with E-state index in [0.717, 1.165) is 5.69 Å². The predicted molar refractivity (Wildman–Crippen MR) is 122 cm³/mol. The molecule has 3 rings (SSSR count). The first-order valence-corrected chi connectivity index (χ1v) is 10.6. The lowest BCUT2D eigenvalue weighted by molar-refractivity contribution is -0.143. The van der Waals surface area contributed by atoms with E-state index in [2.05, 4.69) is 14.7 Å². The van der Waals surface area contributed by atoms with E-state index >= 15 is 0 Å². The highest BCUT2D eigenvalue weighted by Gasteiger charge is 2.29. The summed E-state index contributed by atoms with van der Waals surface area (Å²) >= 11 is 0. The molecule has 2 N–H and O–H groups in total. The maximum absolute atomic E-state index is 13.6. The Labute approximate surface area is 196 Å². The average Bonchev–Trinajstić information content (AvgIpc) is 3.35. The highest BCUT2D eigenvalue weighted by atomic mass is 16.6. The maximum Gasteiger partial charge on any atom is 0.343 e. The summed E-state index contributed by atoms with van der Waals surface area (Å²) in [6.45, 7) is 1.71. The topological polar surface area (TPSA) is 133 Å². The van der Waals surface area contributed by atoms with Crippen LogP contribution < -0.4 is 10.3 Å². The van der Waals surface area contributed by atoms with Crippen LogP contribution in [0.25, 0.3) is 0 Å². The second-order valence-electron chi connectivity index (χ2n) is 7.60. The van der Waals surface area contributed by atoms with Gasteiger partial charge in [0.1, 0.15) is 11.5 Å². The molecule has 10 heteroatoms. The van der Waals surface area contributed by atoms with Crippen molar-refractivity contribution in [2.75, 3.05) is 20.8 Å². The number of H-pyrrole nitrogens is 1. The molecule has 3 aromatic rings. The van der Waals surface area contributed by atoms with E-state index in [9.17, 15) is 19.5 Å². The maximum atomic E-state index is 13.6. The number of nitrogens with one attached hydrogen (secondary N) is 1. The van der Waals surface area contributed by atoms with Crippen LogP contribution in [-0.2, 0) is 32.0 Å². The summed E-state index contributed by atoms with van der Waals surface area (Å²) in [7, 11) is 2.49. The zero-order valence-corrected chi connectivity index (χ0v) is 19.2. The molecule has 0 aliphatic heterocycles. The third kappa shape index (κ3) is 5.64. The number of pyridine rings is 1. The fraction of sp³-hybridized carbons (Fsp3) is 0.333. The Hall–Kier alpha value is -4.08. The zero-order valence-electron chi connectivity index (χ0n) is 19.2. The fourth-order valence-corrected chi connectivity index (χ4v) is 3.74. The van der Waals surface area contributed by atoms with Crippen LogP contribution in [0.3, 0.4) is 0 Å². The SMILES string of the molecule is COC(=O)COc1ccccc1[C@H](CC(=O)OC)c1c(O)cc(C)n(CCc2cnc[nH]2)c1=O. The number of para-hydroxylation sites is 1. The number of carbonyl (C=O) groups is 2. The van der Waals surface area contributed by atoms with Crippen molar-refractivity contribution in [1.29, 1.82) is 0 Å². The number of esters is 2. The van der Waals surface area contributed by atoms with Gasteiger partial charge in [0.15, 0.2) is 6.61 Å². The van der Waals surface area contributed by atoms with Crippen LogP contribution in [0.2, 0.25) is 0 Å². The molecular weight excluding hydrogens is 442 g/mol. The highest BCUT2D eigenvalue weighted by molar-refractivity contribution is 5.72. The summed E-state index contributed by atoms with van der Waals surface area (Å²) in [6, 6.07) is 8.19. The van der Waals surface area contributed by atoms with Crippen LogP contribution in [0.4, 0.5) is 0 Å². The molecule has 10 nitrogen and oxygen atoms in total. The van der Waals surface area contributed by atoms with Gasteiger partial charge in [0, 0.05) is 42.0 Å². The van der Waals surface area contributed by atoms with Crippen LogP contribution >= 0.6 is 0 Å². The number of aryl methyl sites for hydroxylation is 2. The smallest absolute Gasteiger partial charge is 0.343 e. The summed E-state index contributed by atoms with van der Waals surface area (Å²) in [5.41, 5.74) is 1.47. The van der Waals surface area contributed by atoms with Gasteiger partial charge in [-0.15, -0.1) is 0 Å². The molecule has 0 saturated heterocycles. The van der Waals surface area contributed by atoms with E-state index in [1.54, 1.807) is 43.7 Å². The monoisotopic (exact) mass is 469 g/mol. The van der Waals surface area contributed by atoms with Gasteiger partial charge in [-0.1, -0.05) is 18.2 Å². The molecule has 0 unspecified atom stereocenters. The van der Waals surface area contributed by atoms with Crippen LogP contribution in [0.5, 0.6) is 11.5 Å². The molecule has 34 heavy (non-hydrogen) atoms. The number of ether oxygens (including phenoxy) is 3. The van der Waals surface area contributed by atoms with Crippen molar-refractivity contribution in [2.45, 2.75) is 32.2 Å². The van der Waals surface area contributed by atoms with Crippen LogP contribution in [0, 0.1) is 6.92 Å². The molecule has 0 aliphatic carbocycles. The van der Waals surface area contributed by atoms with Crippen molar-refractivity contribution in [1.82, 2.24) is 14.5 Å². The Kier molecular flexibility index (Phi) is 8.07. The first kappa shape index (κ1) is 24.6. The van der Waals surface area contributed by atoms with Gasteiger partial charge in [-0.05, 0) is 19.1 Å². The molecule has 0 radical (unpaired) electrons. The minimum absolute atomic E-state index is 0.0368. The molecule has 0 spiro atoms. The second-order valence-corrected chi connectivity index (χ2v) is 7.60. The van der Waals surface area contributed by atoms with Gasteiger partial charge in [0.2, 0.25) is 0 Å². The molecule has 0 amide bonds. The van der Waals surface area contributed by atoms with Gasteiger partial charge in [-0.25, -0.2) is 9.78 Å². The number of benzene rings is 1. The van der Waals surface area contributed by atoms with Gasteiger partial charge in [-0.3, -0.25) is 9.59 Å². The van der Waals surface area contributed by atoms with Gasteiger partial charge >= 0.3 is 11.9 Å². The first-order chi connectivity index (χ1) is 16.3. The number of aromatic nitrogens is 3. The van der Waals surface area contributed by atoms with E-state index in [1.807, 2.05) is 0 Å². The Morgan fingerprint density at radius 3 is 2.59 bits per heavy atom. The predicted octanol–water partition coefficient (Wildman–Crippen LogP) is 2.07. The van der Waals surface area contributed by atoms with E-state index in [1.165, 1.54) is 24.9 Å². The average molecular weight is 469 g/mol. The van der Waals surface area contributed by atoms with Crippen LogP contribution in [-0.4, -0.2) is 52.4 Å². The van der Waals surface area contributed by atoms with Crippen molar-refractivity contribution in [2.24, 2.45) is 0 Å². The Balaban J connectivity index is 2.08. The molecule has 1 aromatic carbocycles. The number of carbonyl (C=O) groups excluding carboxylic acids is 2. The van der Waals surface area contributed by atoms with Crippen LogP contribution in [0.15, 0.2) is 47.7 Å². The molecular formula is C24H27N3O7. The number of aromatic amines is 1. The number of hydrogen-bond acceptors (Lipinski definition) is 8. The lowest BCUT2D eigenvalue weighted by Gasteiger charge is -2.22. The van der Waals surface area contributed by atoms with E-state index < -0.39 is 23.4 Å². The van der Waals surface area contributed by atoms with Gasteiger partial charge in [0.05, 0.1) is 32.5 Å². The summed E-state index contributed by atoms with van der Waals surface area (Å²) in [5, 5.41) is 10.8. The van der Waals surface area contributed by atoms with Crippen molar-refractivity contribution in [3.8, 4) is 11.5 Å². The van der Waals surface area contributed by atoms with E-state index in [0.29, 0.717) is 24.2 Å². The van der Waals surface area contributed by atoms with Crippen molar-refractivity contribution < 1.29 is 28.9 Å². The third-order valence-corrected chi connectivity index (χ3v) is 5.50. The zero-order chi connectivity index (χ0) is 24.7. The summed E-state index contributed by atoms with van der Waals surface area (Å²) in [6.07, 6.45) is 3.54. The minimum atomic E-state index is -0.882. The minimum Gasteiger partial charge on any atom is -0.507 e. The van der Waals surface area contributed by atoms with Gasteiger partial charge in [0.25, 0.3) is 5.56 Å². The highest BCUT2D eigenvalue weighted by Crippen LogP contribution is 2.37.